The van der Waals surface area contributed by atoms with Crippen LogP contribution in [0.15, 0.2) is 59.4 Å². The highest BCUT2D eigenvalue weighted by Crippen LogP contribution is 2.23. The number of carbonyl (C=O) groups excluding carboxylic acids is 1. The molecule has 0 bridgehead atoms. The number of benzene rings is 2. The van der Waals surface area contributed by atoms with Crippen LogP contribution in [0.5, 0.6) is 0 Å². The quantitative estimate of drug-likeness (QED) is 0.792. The number of H-pyrrole nitrogens is 1. The van der Waals surface area contributed by atoms with Gasteiger partial charge in [0, 0.05) is 18.5 Å². The summed E-state index contributed by atoms with van der Waals surface area (Å²) in [4.78, 5) is 26.7. The topological polar surface area (TPSA) is 66.1 Å². The maximum absolute atomic E-state index is 12.9. The lowest BCUT2D eigenvalue weighted by Gasteiger charge is -2.32. The monoisotopic (exact) mass is 347 g/mol. The minimum absolute atomic E-state index is 0.101. The van der Waals surface area contributed by atoms with Gasteiger partial charge in [0.25, 0.3) is 11.5 Å². The summed E-state index contributed by atoms with van der Waals surface area (Å²) in [5.41, 5.74) is 1.42. The zero-order chi connectivity index (χ0) is 17.9. The van der Waals surface area contributed by atoms with Gasteiger partial charge in [-0.05, 0) is 36.8 Å². The molecule has 2 aromatic carbocycles. The molecule has 5 heteroatoms. The van der Waals surface area contributed by atoms with Gasteiger partial charge in [-0.2, -0.15) is 5.10 Å². The molecule has 4 rings (SSSR count). The summed E-state index contributed by atoms with van der Waals surface area (Å²) >= 11 is 0. The Morgan fingerprint density at radius 3 is 2.38 bits per heavy atom. The van der Waals surface area contributed by atoms with E-state index >= 15 is 0 Å². The van der Waals surface area contributed by atoms with E-state index in [0.29, 0.717) is 22.4 Å². The summed E-state index contributed by atoms with van der Waals surface area (Å²) in [6.07, 6.45) is 3.03. The molecule has 0 radical (unpaired) electrons. The van der Waals surface area contributed by atoms with Crippen molar-refractivity contribution in [1.82, 2.24) is 15.1 Å². The molecular formula is C21H21N3O2. The molecule has 2 heterocycles. The van der Waals surface area contributed by atoms with Gasteiger partial charge in [0.2, 0.25) is 0 Å². The number of piperidine rings is 1. The van der Waals surface area contributed by atoms with Gasteiger partial charge in [0.05, 0.1) is 5.39 Å². The highest BCUT2D eigenvalue weighted by molar-refractivity contribution is 6.04. The summed E-state index contributed by atoms with van der Waals surface area (Å²) < 4.78 is 0. The number of likely N-dealkylation sites (tertiary alicyclic amines) is 1. The molecule has 0 aliphatic carbocycles. The summed E-state index contributed by atoms with van der Waals surface area (Å²) in [6, 6.07) is 17.6. The number of nitrogens with zero attached hydrogens (tertiary/aromatic N) is 2. The molecular weight excluding hydrogens is 326 g/mol. The normalized spacial score (nSPS) is 15.3. The Labute approximate surface area is 151 Å². The van der Waals surface area contributed by atoms with Crippen LogP contribution in [0.4, 0.5) is 0 Å². The van der Waals surface area contributed by atoms with Crippen LogP contribution in [-0.4, -0.2) is 34.1 Å². The third-order valence-electron chi connectivity index (χ3n) is 5.17. The van der Waals surface area contributed by atoms with E-state index in [1.807, 2.05) is 17.0 Å². The van der Waals surface area contributed by atoms with Crippen molar-refractivity contribution < 1.29 is 4.79 Å². The number of aromatic nitrogens is 2. The number of carbonyl (C=O) groups is 1. The molecule has 3 aromatic rings. The molecule has 1 N–H and O–H groups in total. The largest absolute Gasteiger partial charge is 0.337 e. The fourth-order valence-electron chi connectivity index (χ4n) is 3.72. The van der Waals surface area contributed by atoms with Crippen LogP contribution in [-0.2, 0) is 6.42 Å². The van der Waals surface area contributed by atoms with Gasteiger partial charge < -0.3 is 4.90 Å². The van der Waals surface area contributed by atoms with E-state index < -0.39 is 0 Å². The van der Waals surface area contributed by atoms with Gasteiger partial charge in [-0.3, -0.25) is 9.59 Å². The van der Waals surface area contributed by atoms with Crippen molar-refractivity contribution in [3.63, 3.8) is 0 Å². The van der Waals surface area contributed by atoms with Crippen molar-refractivity contribution in [1.29, 1.82) is 0 Å². The average Bonchev–Trinajstić information content (AvgIpc) is 2.69. The SMILES string of the molecule is O=C(c1n[nH]c(=O)c2ccccc12)N1CCC(Cc2ccccc2)CC1. The first-order valence-electron chi connectivity index (χ1n) is 9.03. The van der Waals surface area contributed by atoms with Gasteiger partial charge in [-0.25, -0.2) is 5.10 Å². The number of hydrogen-bond donors (Lipinski definition) is 1. The minimum Gasteiger partial charge on any atom is -0.337 e. The van der Waals surface area contributed by atoms with Crippen LogP contribution in [0.1, 0.15) is 28.9 Å². The second kappa shape index (κ2) is 7.12. The lowest BCUT2D eigenvalue weighted by Crippen LogP contribution is -2.39. The minimum atomic E-state index is -0.265. The van der Waals surface area contributed by atoms with Gasteiger partial charge in [-0.1, -0.05) is 48.5 Å². The van der Waals surface area contributed by atoms with E-state index in [0.717, 1.165) is 32.4 Å². The smallest absolute Gasteiger partial charge is 0.274 e. The van der Waals surface area contributed by atoms with Crippen molar-refractivity contribution in [2.45, 2.75) is 19.3 Å². The van der Waals surface area contributed by atoms with Crippen molar-refractivity contribution in [2.24, 2.45) is 5.92 Å². The molecule has 0 atom stereocenters. The van der Waals surface area contributed by atoms with Crippen LogP contribution >= 0.6 is 0 Å². The van der Waals surface area contributed by atoms with Crippen LogP contribution < -0.4 is 5.56 Å². The second-order valence-electron chi connectivity index (χ2n) is 6.87. The summed E-state index contributed by atoms with van der Waals surface area (Å²) in [5, 5.41) is 7.61. The molecule has 1 aliphatic rings. The van der Waals surface area contributed by atoms with Crippen LogP contribution in [0.3, 0.4) is 0 Å². The maximum atomic E-state index is 12.9. The number of amides is 1. The number of fused-ring (bicyclic) bond motifs is 1. The van der Waals surface area contributed by atoms with Crippen LogP contribution in [0, 0.1) is 5.92 Å². The fourth-order valence-corrected chi connectivity index (χ4v) is 3.72. The Balaban J connectivity index is 1.47. The summed E-state index contributed by atoms with van der Waals surface area (Å²) in [6.45, 7) is 1.46. The number of hydrogen-bond acceptors (Lipinski definition) is 3. The highest BCUT2D eigenvalue weighted by Gasteiger charge is 2.26. The Kier molecular flexibility index (Phi) is 4.52. The molecule has 5 nitrogen and oxygen atoms in total. The molecule has 1 saturated heterocycles. The number of nitrogens with one attached hydrogen (secondary N) is 1. The van der Waals surface area contributed by atoms with Crippen molar-refractivity contribution in [3.05, 3.63) is 76.2 Å². The maximum Gasteiger partial charge on any atom is 0.274 e. The Bertz CT molecular complexity index is 973. The number of aromatic amines is 1. The summed E-state index contributed by atoms with van der Waals surface area (Å²) in [5.74, 6) is 0.498. The van der Waals surface area contributed by atoms with Gasteiger partial charge in [0.15, 0.2) is 5.69 Å². The van der Waals surface area contributed by atoms with Crippen molar-refractivity contribution in [2.75, 3.05) is 13.1 Å². The molecule has 1 aromatic heterocycles. The van der Waals surface area contributed by atoms with Gasteiger partial charge >= 0.3 is 0 Å². The fraction of sp³-hybridized carbons (Fsp3) is 0.286. The predicted octanol–water partition coefficient (Wildman–Crippen LogP) is 3.02. The molecule has 0 unspecified atom stereocenters. The van der Waals surface area contributed by atoms with E-state index in [1.54, 1.807) is 18.2 Å². The number of rotatable bonds is 3. The Morgan fingerprint density at radius 2 is 1.65 bits per heavy atom. The molecule has 1 amide bonds. The first-order valence-corrected chi connectivity index (χ1v) is 9.03. The van der Waals surface area contributed by atoms with Crippen molar-refractivity contribution >= 4 is 16.7 Å². The first kappa shape index (κ1) is 16.5. The first-order chi connectivity index (χ1) is 12.7. The zero-order valence-electron chi connectivity index (χ0n) is 14.5. The Morgan fingerprint density at radius 1 is 1.00 bits per heavy atom. The molecule has 132 valence electrons. The van der Waals surface area contributed by atoms with Crippen molar-refractivity contribution in [3.8, 4) is 0 Å². The molecule has 0 spiro atoms. The van der Waals surface area contributed by atoms with Crippen LogP contribution in [0.2, 0.25) is 0 Å². The lowest BCUT2D eigenvalue weighted by molar-refractivity contribution is 0.0685. The van der Waals surface area contributed by atoms with E-state index in [4.69, 9.17) is 0 Å². The molecule has 0 saturated carbocycles. The third-order valence-corrected chi connectivity index (χ3v) is 5.17. The second-order valence-corrected chi connectivity index (χ2v) is 6.87. The molecule has 26 heavy (non-hydrogen) atoms. The van der Waals surface area contributed by atoms with Crippen LogP contribution in [0.25, 0.3) is 10.8 Å². The highest BCUT2D eigenvalue weighted by atomic mass is 16.2. The average molecular weight is 347 g/mol. The predicted molar refractivity (Wildman–Crippen MR) is 101 cm³/mol. The van der Waals surface area contributed by atoms with E-state index in [-0.39, 0.29) is 11.5 Å². The summed E-state index contributed by atoms with van der Waals surface area (Å²) in [7, 11) is 0. The standard InChI is InChI=1S/C21H21N3O2/c25-20-18-9-5-4-8-17(18)19(22-23-20)21(26)24-12-10-16(11-13-24)14-15-6-2-1-3-7-15/h1-9,16H,10-14H2,(H,23,25). The third kappa shape index (κ3) is 3.25. The molecule has 1 fully saturated rings. The van der Waals surface area contributed by atoms with E-state index in [1.165, 1.54) is 5.56 Å². The van der Waals surface area contributed by atoms with Gasteiger partial charge in [0.1, 0.15) is 0 Å². The van der Waals surface area contributed by atoms with Gasteiger partial charge in [-0.15, -0.1) is 0 Å². The zero-order valence-corrected chi connectivity index (χ0v) is 14.5. The van der Waals surface area contributed by atoms with E-state index in [2.05, 4.69) is 34.5 Å². The molecule has 1 aliphatic heterocycles. The Hall–Kier alpha value is -2.95. The lowest BCUT2D eigenvalue weighted by atomic mass is 9.90. The van der Waals surface area contributed by atoms with E-state index in [9.17, 15) is 9.59 Å².